The molecule has 0 atom stereocenters. The number of anilines is 2. The van der Waals surface area contributed by atoms with Gasteiger partial charge in [0.25, 0.3) is 0 Å². The summed E-state index contributed by atoms with van der Waals surface area (Å²) in [6.45, 7) is 3.78. The maximum absolute atomic E-state index is 12.3. The smallest absolute Gasteiger partial charge is 0.228 e. The predicted molar refractivity (Wildman–Crippen MR) is 110 cm³/mol. The van der Waals surface area contributed by atoms with Crippen molar-refractivity contribution >= 4 is 34.5 Å². The lowest BCUT2D eigenvalue weighted by molar-refractivity contribution is -0.116. The van der Waals surface area contributed by atoms with Gasteiger partial charge in [0.1, 0.15) is 0 Å². The molecule has 0 aliphatic carbocycles. The van der Waals surface area contributed by atoms with Gasteiger partial charge in [-0.05, 0) is 36.8 Å². The summed E-state index contributed by atoms with van der Waals surface area (Å²) in [5.41, 5.74) is 4.36. The van der Waals surface area contributed by atoms with Crippen LogP contribution in [0.25, 0.3) is 11.3 Å². The summed E-state index contributed by atoms with van der Waals surface area (Å²) in [5, 5.41) is 8.72. The van der Waals surface area contributed by atoms with E-state index in [0.717, 1.165) is 21.8 Å². The SMILES string of the molecule is CCC(=O)Nc1ccc(NC(=O)Cc2ccc(-c3csc(C)n3)cc2)cc1. The van der Waals surface area contributed by atoms with Crippen molar-refractivity contribution in [2.24, 2.45) is 0 Å². The second-order valence-electron chi connectivity index (χ2n) is 6.15. The van der Waals surface area contributed by atoms with Gasteiger partial charge in [-0.2, -0.15) is 0 Å². The largest absolute Gasteiger partial charge is 0.326 e. The number of aromatic nitrogens is 1. The summed E-state index contributed by atoms with van der Waals surface area (Å²) in [6.07, 6.45) is 0.726. The molecule has 27 heavy (non-hydrogen) atoms. The maximum atomic E-state index is 12.3. The highest BCUT2D eigenvalue weighted by molar-refractivity contribution is 7.09. The first kappa shape index (κ1) is 18.8. The summed E-state index contributed by atoms with van der Waals surface area (Å²) in [5.74, 6) is -0.124. The van der Waals surface area contributed by atoms with Crippen LogP contribution in [0.1, 0.15) is 23.9 Å². The molecular formula is C21H21N3O2S. The van der Waals surface area contributed by atoms with Crippen molar-refractivity contribution in [3.8, 4) is 11.3 Å². The Morgan fingerprint density at radius 1 is 0.926 bits per heavy atom. The zero-order valence-corrected chi connectivity index (χ0v) is 16.1. The van der Waals surface area contributed by atoms with Crippen LogP contribution in [0.3, 0.4) is 0 Å². The van der Waals surface area contributed by atoms with E-state index < -0.39 is 0 Å². The number of hydrogen-bond donors (Lipinski definition) is 2. The number of aryl methyl sites for hydroxylation is 1. The van der Waals surface area contributed by atoms with Crippen LogP contribution in [0.5, 0.6) is 0 Å². The lowest BCUT2D eigenvalue weighted by Crippen LogP contribution is -2.14. The lowest BCUT2D eigenvalue weighted by Gasteiger charge is -2.08. The molecule has 0 radical (unpaired) electrons. The van der Waals surface area contributed by atoms with Gasteiger partial charge < -0.3 is 10.6 Å². The van der Waals surface area contributed by atoms with Crippen molar-refractivity contribution in [2.75, 3.05) is 10.6 Å². The molecule has 0 unspecified atom stereocenters. The van der Waals surface area contributed by atoms with Crippen LogP contribution in [0.15, 0.2) is 53.9 Å². The van der Waals surface area contributed by atoms with Crippen LogP contribution in [-0.2, 0) is 16.0 Å². The molecule has 0 aliphatic heterocycles. The van der Waals surface area contributed by atoms with Crippen molar-refractivity contribution in [1.29, 1.82) is 0 Å². The normalized spacial score (nSPS) is 10.4. The van der Waals surface area contributed by atoms with E-state index in [2.05, 4.69) is 15.6 Å². The van der Waals surface area contributed by atoms with E-state index >= 15 is 0 Å². The zero-order chi connectivity index (χ0) is 19.2. The van der Waals surface area contributed by atoms with Gasteiger partial charge in [0.15, 0.2) is 0 Å². The van der Waals surface area contributed by atoms with E-state index in [1.54, 1.807) is 42.5 Å². The van der Waals surface area contributed by atoms with E-state index in [9.17, 15) is 9.59 Å². The van der Waals surface area contributed by atoms with Gasteiger partial charge in [0.2, 0.25) is 11.8 Å². The molecule has 2 N–H and O–H groups in total. The van der Waals surface area contributed by atoms with Gasteiger partial charge in [-0.3, -0.25) is 9.59 Å². The monoisotopic (exact) mass is 379 g/mol. The fourth-order valence-electron chi connectivity index (χ4n) is 2.57. The molecule has 0 spiro atoms. The number of thiazole rings is 1. The van der Waals surface area contributed by atoms with Gasteiger partial charge in [-0.1, -0.05) is 31.2 Å². The molecule has 5 nitrogen and oxygen atoms in total. The number of carbonyl (C=O) groups is 2. The third-order valence-electron chi connectivity index (χ3n) is 4.01. The molecule has 0 bridgehead atoms. The van der Waals surface area contributed by atoms with Crippen LogP contribution in [-0.4, -0.2) is 16.8 Å². The molecule has 2 aromatic carbocycles. The van der Waals surface area contributed by atoms with Gasteiger partial charge in [-0.25, -0.2) is 4.98 Å². The second-order valence-corrected chi connectivity index (χ2v) is 7.21. The lowest BCUT2D eigenvalue weighted by atomic mass is 10.1. The molecule has 1 heterocycles. The minimum Gasteiger partial charge on any atom is -0.326 e. The molecule has 3 aromatic rings. The first-order valence-corrected chi connectivity index (χ1v) is 9.62. The standard InChI is InChI=1S/C21H21N3O2S/c1-3-20(25)23-17-8-10-18(11-9-17)24-21(26)12-15-4-6-16(7-5-15)19-13-27-14(2)22-19/h4-11,13H,3,12H2,1-2H3,(H,23,25)(H,24,26). The Hall–Kier alpha value is -2.99. The maximum Gasteiger partial charge on any atom is 0.228 e. The van der Waals surface area contributed by atoms with Crippen molar-refractivity contribution in [2.45, 2.75) is 26.7 Å². The van der Waals surface area contributed by atoms with E-state index in [-0.39, 0.29) is 11.8 Å². The van der Waals surface area contributed by atoms with Crippen LogP contribution in [0, 0.1) is 6.92 Å². The Bertz CT molecular complexity index is 931. The Labute approximate surface area is 162 Å². The number of nitrogens with zero attached hydrogens (tertiary/aromatic N) is 1. The molecule has 0 saturated carbocycles. The topological polar surface area (TPSA) is 71.1 Å². The highest BCUT2D eigenvalue weighted by atomic mass is 32.1. The summed E-state index contributed by atoms with van der Waals surface area (Å²) >= 11 is 1.62. The Morgan fingerprint density at radius 3 is 2.04 bits per heavy atom. The molecule has 1 aromatic heterocycles. The van der Waals surface area contributed by atoms with Crippen LogP contribution in [0.2, 0.25) is 0 Å². The quantitative estimate of drug-likeness (QED) is 0.655. The van der Waals surface area contributed by atoms with E-state index in [0.29, 0.717) is 24.2 Å². The molecule has 0 saturated heterocycles. The number of rotatable bonds is 6. The van der Waals surface area contributed by atoms with E-state index in [4.69, 9.17) is 0 Å². The predicted octanol–water partition coefficient (Wildman–Crippen LogP) is 4.65. The molecule has 138 valence electrons. The van der Waals surface area contributed by atoms with Crippen molar-refractivity contribution in [3.63, 3.8) is 0 Å². The summed E-state index contributed by atoms with van der Waals surface area (Å²) in [7, 11) is 0. The summed E-state index contributed by atoms with van der Waals surface area (Å²) < 4.78 is 0. The number of carbonyl (C=O) groups excluding carboxylic acids is 2. The Morgan fingerprint density at radius 2 is 1.52 bits per heavy atom. The fraction of sp³-hybridized carbons (Fsp3) is 0.190. The summed E-state index contributed by atoms with van der Waals surface area (Å²) in [4.78, 5) is 28.1. The first-order valence-electron chi connectivity index (χ1n) is 8.74. The van der Waals surface area contributed by atoms with Crippen LogP contribution in [0.4, 0.5) is 11.4 Å². The molecule has 0 aliphatic rings. The van der Waals surface area contributed by atoms with Crippen molar-refractivity contribution < 1.29 is 9.59 Å². The van der Waals surface area contributed by atoms with E-state index in [1.165, 1.54) is 0 Å². The average Bonchev–Trinajstić information content (AvgIpc) is 3.10. The van der Waals surface area contributed by atoms with Crippen LogP contribution >= 0.6 is 11.3 Å². The van der Waals surface area contributed by atoms with E-state index in [1.807, 2.05) is 36.6 Å². The zero-order valence-electron chi connectivity index (χ0n) is 15.3. The molecular weight excluding hydrogens is 358 g/mol. The van der Waals surface area contributed by atoms with Crippen LogP contribution < -0.4 is 10.6 Å². The Kier molecular flexibility index (Phi) is 5.98. The number of hydrogen-bond acceptors (Lipinski definition) is 4. The highest BCUT2D eigenvalue weighted by Crippen LogP contribution is 2.22. The second kappa shape index (κ2) is 8.60. The molecule has 3 rings (SSSR count). The van der Waals surface area contributed by atoms with Gasteiger partial charge in [-0.15, -0.1) is 11.3 Å². The summed E-state index contributed by atoms with van der Waals surface area (Å²) in [6, 6.07) is 15.0. The minimum atomic E-state index is -0.0856. The van der Waals surface area contributed by atoms with Gasteiger partial charge in [0, 0.05) is 28.7 Å². The van der Waals surface area contributed by atoms with Crippen molar-refractivity contribution in [1.82, 2.24) is 4.98 Å². The van der Waals surface area contributed by atoms with Gasteiger partial charge >= 0.3 is 0 Å². The third-order valence-corrected chi connectivity index (χ3v) is 4.78. The third kappa shape index (κ3) is 5.24. The molecule has 6 heteroatoms. The number of benzene rings is 2. The number of amides is 2. The Balaban J connectivity index is 1.56. The minimum absolute atomic E-state index is 0.0388. The average molecular weight is 379 g/mol. The fourth-order valence-corrected chi connectivity index (χ4v) is 3.19. The molecule has 0 fully saturated rings. The van der Waals surface area contributed by atoms with Crippen molar-refractivity contribution in [3.05, 3.63) is 64.5 Å². The van der Waals surface area contributed by atoms with Gasteiger partial charge in [0.05, 0.1) is 17.1 Å². The molecule has 2 amide bonds. The highest BCUT2D eigenvalue weighted by Gasteiger charge is 2.07. The first-order chi connectivity index (χ1) is 13.0. The number of nitrogens with one attached hydrogen (secondary N) is 2.